The highest BCUT2D eigenvalue weighted by Crippen LogP contribution is 2.37. The van der Waals surface area contributed by atoms with Crippen molar-refractivity contribution in [1.82, 2.24) is 0 Å². The molecule has 0 atom stereocenters. The molecule has 0 aromatic heterocycles. The maximum Gasteiger partial charge on any atom is -0.0117 e. The second-order valence-electron chi connectivity index (χ2n) is 6.27. The Morgan fingerprint density at radius 1 is 0.400 bits per heavy atom. The number of benzene rings is 2. The Hall–Kier alpha value is -1.56. The van der Waals surface area contributed by atoms with E-state index in [0.29, 0.717) is 0 Å². The topological polar surface area (TPSA) is 0 Å². The minimum atomic E-state index is 1.39. The maximum absolute atomic E-state index is 2.33. The summed E-state index contributed by atoms with van der Waals surface area (Å²) < 4.78 is 0. The van der Waals surface area contributed by atoms with Crippen molar-refractivity contribution < 1.29 is 0 Å². The summed E-state index contributed by atoms with van der Waals surface area (Å²) in [5, 5.41) is 0. The van der Waals surface area contributed by atoms with Gasteiger partial charge < -0.3 is 0 Å². The molecule has 0 spiro atoms. The van der Waals surface area contributed by atoms with Crippen LogP contribution in [0.3, 0.4) is 0 Å². The highest BCUT2D eigenvalue weighted by molar-refractivity contribution is 5.79. The van der Waals surface area contributed by atoms with Gasteiger partial charge in [-0.1, -0.05) is 12.1 Å². The van der Waals surface area contributed by atoms with Gasteiger partial charge in [-0.15, -0.1) is 0 Å². The van der Waals surface area contributed by atoms with Crippen LogP contribution in [-0.2, 0) is 0 Å². The average Bonchev–Trinajstić information content (AvgIpc) is 2.37. The van der Waals surface area contributed by atoms with Crippen LogP contribution in [0.1, 0.15) is 44.5 Å². The lowest BCUT2D eigenvalue weighted by atomic mass is 9.84. The Morgan fingerprint density at radius 2 is 0.700 bits per heavy atom. The Morgan fingerprint density at radius 3 is 1.00 bits per heavy atom. The highest BCUT2D eigenvalue weighted by atomic mass is 14.2. The van der Waals surface area contributed by atoms with Gasteiger partial charge in [0.2, 0.25) is 0 Å². The molecule has 0 N–H and O–H groups in total. The molecule has 0 saturated heterocycles. The molecule has 0 aliphatic carbocycles. The smallest absolute Gasteiger partial charge is 0.0117 e. The maximum atomic E-state index is 2.33. The van der Waals surface area contributed by atoms with Crippen molar-refractivity contribution in [3.63, 3.8) is 0 Å². The summed E-state index contributed by atoms with van der Waals surface area (Å²) in [6, 6.07) is 4.65. The fourth-order valence-corrected chi connectivity index (χ4v) is 3.34. The Kier molecular flexibility index (Phi) is 3.77. The fraction of sp³-hybridized carbons (Fsp3) is 0.400. The third-order valence-corrected chi connectivity index (χ3v) is 4.96. The molecular formula is C20H26. The third kappa shape index (κ3) is 2.18. The van der Waals surface area contributed by atoms with Gasteiger partial charge in [0, 0.05) is 0 Å². The molecule has 0 amide bonds. The predicted octanol–water partition coefficient (Wildman–Crippen LogP) is 5.82. The van der Waals surface area contributed by atoms with E-state index in [0.717, 1.165) is 0 Å². The minimum Gasteiger partial charge on any atom is -0.0555 e. The molecule has 0 saturated carbocycles. The lowest BCUT2D eigenvalue weighted by Gasteiger charge is -2.21. The molecule has 0 unspecified atom stereocenters. The first-order valence-electron chi connectivity index (χ1n) is 7.40. The zero-order valence-electron chi connectivity index (χ0n) is 14.2. The summed E-state index contributed by atoms with van der Waals surface area (Å²) in [6.07, 6.45) is 0. The molecule has 2 rings (SSSR count). The van der Waals surface area contributed by atoms with Crippen molar-refractivity contribution in [3.8, 4) is 11.1 Å². The van der Waals surface area contributed by atoms with Gasteiger partial charge in [0.05, 0.1) is 0 Å². The van der Waals surface area contributed by atoms with Gasteiger partial charge >= 0.3 is 0 Å². The van der Waals surface area contributed by atoms with Gasteiger partial charge in [0.15, 0.2) is 0 Å². The van der Waals surface area contributed by atoms with Crippen LogP contribution in [0.25, 0.3) is 11.1 Å². The van der Waals surface area contributed by atoms with E-state index in [2.05, 4.69) is 67.5 Å². The summed E-state index contributed by atoms with van der Waals surface area (Å²) in [5.74, 6) is 0. The first kappa shape index (κ1) is 14.8. The fourth-order valence-electron chi connectivity index (χ4n) is 3.34. The number of hydrogen-bond donors (Lipinski definition) is 0. The molecule has 0 fully saturated rings. The van der Waals surface area contributed by atoms with Crippen molar-refractivity contribution in [1.29, 1.82) is 0 Å². The minimum absolute atomic E-state index is 1.39. The quantitative estimate of drug-likeness (QED) is 0.610. The highest BCUT2D eigenvalue weighted by Gasteiger charge is 2.16. The van der Waals surface area contributed by atoms with E-state index >= 15 is 0 Å². The monoisotopic (exact) mass is 266 g/mol. The molecule has 106 valence electrons. The van der Waals surface area contributed by atoms with Gasteiger partial charge in [0.25, 0.3) is 0 Å². The number of aryl methyl sites for hydroxylation is 4. The molecule has 20 heavy (non-hydrogen) atoms. The predicted molar refractivity (Wildman–Crippen MR) is 89.8 cm³/mol. The molecule has 2 aromatic carbocycles. The van der Waals surface area contributed by atoms with Crippen LogP contribution < -0.4 is 0 Å². The first-order valence-corrected chi connectivity index (χ1v) is 7.40. The molecule has 0 aliphatic heterocycles. The zero-order valence-corrected chi connectivity index (χ0v) is 14.2. The largest absolute Gasteiger partial charge is 0.0555 e. The molecule has 0 bridgehead atoms. The van der Waals surface area contributed by atoms with Gasteiger partial charge in [-0.3, -0.25) is 0 Å². The first-order chi connectivity index (χ1) is 9.25. The van der Waals surface area contributed by atoms with E-state index in [1.807, 2.05) is 0 Å². The molecule has 2 aromatic rings. The van der Waals surface area contributed by atoms with Crippen LogP contribution in [0.5, 0.6) is 0 Å². The normalized spacial score (nSPS) is 11.0. The Labute approximate surface area is 123 Å². The van der Waals surface area contributed by atoms with E-state index in [-0.39, 0.29) is 0 Å². The second kappa shape index (κ2) is 5.09. The SMILES string of the molecule is Cc1cc(C)c(-c2c(C)cc(C)c(C)c2C)c(C)c1C. The van der Waals surface area contributed by atoms with Gasteiger partial charge in [0.1, 0.15) is 0 Å². The summed E-state index contributed by atoms with van der Waals surface area (Å²) >= 11 is 0. The lowest BCUT2D eigenvalue weighted by Crippen LogP contribution is -2.01. The van der Waals surface area contributed by atoms with Crippen LogP contribution in [0.15, 0.2) is 12.1 Å². The average molecular weight is 266 g/mol. The van der Waals surface area contributed by atoms with Gasteiger partial charge in [-0.25, -0.2) is 0 Å². The molecule has 0 aliphatic rings. The van der Waals surface area contributed by atoms with Crippen LogP contribution in [0.4, 0.5) is 0 Å². The molecule has 0 nitrogen and oxygen atoms in total. The van der Waals surface area contributed by atoms with Crippen molar-refractivity contribution in [3.05, 3.63) is 56.6 Å². The van der Waals surface area contributed by atoms with Gasteiger partial charge in [-0.2, -0.15) is 0 Å². The van der Waals surface area contributed by atoms with Crippen LogP contribution in [0.2, 0.25) is 0 Å². The van der Waals surface area contributed by atoms with Crippen molar-refractivity contribution in [2.24, 2.45) is 0 Å². The van der Waals surface area contributed by atoms with E-state index in [9.17, 15) is 0 Å². The van der Waals surface area contributed by atoms with E-state index < -0.39 is 0 Å². The Bertz CT molecular complexity index is 627. The van der Waals surface area contributed by atoms with Crippen LogP contribution in [0, 0.1) is 55.4 Å². The third-order valence-electron chi connectivity index (χ3n) is 4.96. The zero-order chi connectivity index (χ0) is 15.2. The molecular weight excluding hydrogens is 240 g/mol. The summed E-state index contributed by atoms with van der Waals surface area (Å²) in [7, 11) is 0. The molecule has 0 heterocycles. The number of hydrogen-bond acceptors (Lipinski definition) is 0. The lowest BCUT2D eigenvalue weighted by molar-refractivity contribution is 1.20. The number of rotatable bonds is 1. The van der Waals surface area contributed by atoms with Crippen LogP contribution in [-0.4, -0.2) is 0 Å². The Balaban J connectivity index is 2.90. The van der Waals surface area contributed by atoms with Crippen molar-refractivity contribution in [2.75, 3.05) is 0 Å². The van der Waals surface area contributed by atoms with E-state index in [1.165, 1.54) is 55.6 Å². The van der Waals surface area contributed by atoms with Crippen molar-refractivity contribution in [2.45, 2.75) is 55.4 Å². The second-order valence-corrected chi connectivity index (χ2v) is 6.27. The molecule has 0 heteroatoms. The van der Waals surface area contributed by atoms with Crippen LogP contribution >= 0.6 is 0 Å². The standard InChI is InChI=1S/C20H26/c1-11-9-13(3)19(17(7)15(11)5)20-14(4)10-12(2)16(6)18(20)8/h9-10H,1-8H3. The molecule has 0 radical (unpaired) electrons. The van der Waals surface area contributed by atoms with Crippen molar-refractivity contribution >= 4 is 0 Å². The van der Waals surface area contributed by atoms with E-state index in [4.69, 9.17) is 0 Å². The van der Waals surface area contributed by atoms with E-state index in [1.54, 1.807) is 0 Å². The summed E-state index contributed by atoms with van der Waals surface area (Å²) in [4.78, 5) is 0. The summed E-state index contributed by atoms with van der Waals surface area (Å²) in [6.45, 7) is 17.9. The summed E-state index contributed by atoms with van der Waals surface area (Å²) in [5.41, 5.74) is 14.1. The van der Waals surface area contributed by atoms with Gasteiger partial charge in [-0.05, 0) is 111 Å².